The van der Waals surface area contributed by atoms with E-state index in [1.807, 2.05) is 0 Å². The average Bonchev–Trinajstić information content (AvgIpc) is 3.03. The van der Waals surface area contributed by atoms with E-state index in [9.17, 15) is 10.1 Å². The quantitative estimate of drug-likeness (QED) is 0.797. The number of ether oxygens (including phenoxy) is 2. The van der Waals surface area contributed by atoms with Crippen LogP contribution in [0.2, 0.25) is 0 Å². The molecule has 2 aliphatic heterocycles. The first kappa shape index (κ1) is 16.0. The van der Waals surface area contributed by atoms with Crippen molar-refractivity contribution in [2.45, 2.75) is 50.3 Å². The minimum Gasteiger partial charge on any atom is -0.463 e. The lowest BCUT2D eigenvalue weighted by atomic mass is 9.79. The average molecular weight is 318 g/mol. The summed E-state index contributed by atoms with van der Waals surface area (Å²) in [6.07, 6.45) is 6.50. The van der Waals surface area contributed by atoms with Crippen molar-refractivity contribution in [2.24, 2.45) is 0 Å². The SMILES string of the molecule is COC(=O)c1occc1CN1CCCC2(CCCCO2)C1C#N. The number of carbonyl (C=O) groups excluding carboxylic acids is 1. The number of hydrogen-bond acceptors (Lipinski definition) is 6. The Bertz CT molecular complexity index is 592. The molecule has 2 aliphatic rings. The molecule has 23 heavy (non-hydrogen) atoms. The molecule has 2 unspecified atom stereocenters. The maximum Gasteiger partial charge on any atom is 0.374 e. The normalized spacial score (nSPS) is 28.4. The highest BCUT2D eigenvalue weighted by Crippen LogP contribution is 2.39. The van der Waals surface area contributed by atoms with Gasteiger partial charge in [-0.3, -0.25) is 4.90 Å². The van der Waals surface area contributed by atoms with Crippen molar-refractivity contribution >= 4 is 5.97 Å². The lowest BCUT2D eigenvalue weighted by molar-refractivity contribution is -0.138. The third-order valence-electron chi connectivity index (χ3n) is 4.91. The number of piperidine rings is 1. The van der Waals surface area contributed by atoms with Crippen molar-refractivity contribution in [1.82, 2.24) is 4.90 Å². The van der Waals surface area contributed by atoms with Gasteiger partial charge < -0.3 is 13.9 Å². The fourth-order valence-corrected chi connectivity index (χ4v) is 3.79. The van der Waals surface area contributed by atoms with Crippen LogP contribution >= 0.6 is 0 Å². The van der Waals surface area contributed by atoms with Gasteiger partial charge in [-0.2, -0.15) is 5.26 Å². The number of furan rings is 1. The number of nitriles is 1. The molecule has 2 atom stereocenters. The third-order valence-corrected chi connectivity index (χ3v) is 4.91. The van der Waals surface area contributed by atoms with Gasteiger partial charge in [-0.25, -0.2) is 4.79 Å². The summed E-state index contributed by atoms with van der Waals surface area (Å²) < 4.78 is 16.1. The van der Waals surface area contributed by atoms with Gasteiger partial charge in [0.05, 0.1) is 25.0 Å². The van der Waals surface area contributed by atoms with Crippen molar-refractivity contribution < 1.29 is 18.7 Å². The van der Waals surface area contributed by atoms with Gasteiger partial charge in [0.25, 0.3) is 0 Å². The lowest BCUT2D eigenvalue weighted by Gasteiger charge is -2.48. The van der Waals surface area contributed by atoms with Crippen LogP contribution in [0.15, 0.2) is 16.7 Å². The summed E-state index contributed by atoms with van der Waals surface area (Å²) in [5.74, 6) is -0.271. The molecule has 6 nitrogen and oxygen atoms in total. The number of rotatable bonds is 3. The number of likely N-dealkylation sites (tertiary alicyclic amines) is 1. The van der Waals surface area contributed by atoms with Gasteiger partial charge in [0.1, 0.15) is 6.04 Å². The van der Waals surface area contributed by atoms with E-state index in [2.05, 4.69) is 11.0 Å². The first-order valence-electron chi connectivity index (χ1n) is 8.12. The maximum atomic E-state index is 11.8. The Hall–Kier alpha value is -1.84. The lowest BCUT2D eigenvalue weighted by Crippen LogP contribution is -2.58. The molecule has 6 heteroatoms. The molecule has 0 amide bonds. The van der Waals surface area contributed by atoms with Crippen molar-refractivity contribution in [3.8, 4) is 6.07 Å². The summed E-state index contributed by atoms with van der Waals surface area (Å²) in [6, 6.07) is 3.92. The van der Waals surface area contributed by atoms with Gasteiger partial charge in [-0.1, -0.05) is 0 Å². The first-order chi connectivity index (χ1) is 11.2. The molecular weight excluding hydrogens is 296 g/mol. The van der Waals surface area contributed by atoms with Crippen LogP contribution in [-0.4, -0.2) is 42.8 Å². The van der Waals surface area contributed by atoms with Crippen molar-refractivity contribution in [3.63, 3.8) is 0 Å². The Morgan fingerprint density at radius 3 is 3.00 bits per heavy atom. The molecule has 0 bridgehead atoms. The second-order valence-electron chi connectivity index (χ2n) is 6.24. The van der Waals surface area contributed by atoms with Crippen LogP contribution < -0.4 is 0 Å². The Morgan fingerprint density at radius 2 is 2.30 bits per heavy atom. The number of carbonyl (C=O) groups is 1. The molecule has 124 valence electrons. The predicted octanol–water partition coefficient (Wildman–Crippen LogP) is 2.49. The molecule has 0 radical (unpaired) electrons. The molecule has 2 fully saturated rings. The molecule has 1 aromatic rings. The summed E-state index contributed by atoms with van der Waals surface area (Å²) in [6.45, 7) is 2.03. The van der Waals surface area contributed by atoms with E-state index in [0.717, 1.165) is 50.8 Å². The number of esters is 1. The maximum absolute atomic E-state index is 11.8. The highest BCUT2D eigenvalue weighted by Gasteiger charge is 2.47. The van der Waals surface area contributed by atoms with Gasteiger partial charge in [-0.15, -0.1) is 0 Å². The third kappa shape index (κ3) is 2.99. The van der Waals surface area contributed by atoms with Crippen LogP contribution in [0.25, 0.3) is 0 Å². The molecule has 3 heterocycles. The molecule has 3 rings (SSSR count). The Kier molecular flexibility index (Phi) is 4.69. The monoisotopic (exact) mass is 318 g/mol. The molecule has 1 aromatic heterocycles. The van der Waals surface area contributed by atoms with E-state index < -0.39 is 5.97 Å². The Morgan fingerprint density at radius 1 is 1.48 bits per heavy atom. The van der Waals surface area contributed by atoms with Gasteiger partial charge >= 0.3 is 5.97 Å². The molecule has 1 spiro atoms. The van der Waals surface area contributed by atoms with E-state index in [1.165, 1.54) is 13.4 Å². The van der Waals surface area contributed by atoms with Crippen LogP contribution in [0.5, 0.6) is 0 Å². The summed E-state index contributed by atoms with van der Waals surface area (Å²) in [7, 11) is 1.33. The zero-order valence-corrected chi connectivity index (χ0v) is 13.4. The van der Waals surface area contributed by atoms with Gasteiger partial charge in [0, 0.05) is 18.7 Å². The first-order valence-corrected chi connectivity index (χ1v) is 8.12. The van der Waals surface area contributed by atoms with Crippen molar-refractivity contribution in [1.29, 1.82) is 5.26 Å². The number of nitrogens with zero attached hydrogens (tertiary/aromatic N) is 2. The standard InChI is InChI=1S/C17H22N2O4/c1-21-16(20)15-13(5-10-22-15)12-19-8-4-7-17(14(19)11-18)6-2-3-9-23-17/h5,10,14H,2-4,6-9,12H2,1H3. The van der Waals surface area contributed by atoms with Crippen LogP contribution in [0.4, 0.5) is 0 Å². The highest BCUT2D eigenvalue weighted by molar-refractivity contribution is 5.87. The van der Waals surface area contributed by atoms with Crippen molar-refractivity contribution in [3.05, 3.63) is 23.7 Å². The zero-order valence-electron chi connectivity index (χ0n) is 13.4. The van der Waals surface area contributed by atoms with Crippen molar-refractivity contribution in [2.75, 3.05) is 20.3 Å². The summed E-state index contributed by atoms with van der Waals surface area (Å²) in [4.78, 5) is 13.9. The van der Waals surface area contributed by atoms with E-state index >= 15 is 0 Å². The van der Waals surface area contributed by atoms with Gasteiger partial charge in [0.15, 0.2) is 0 Å². The Labute approximate surface area is 135 Å². The molecule has 0 aliphatic carbocycles. The highest BCUT2D eigenvalue weighted by atomic mass is 16.5. The largest absolute Gasteiger partial charge is 0.463 e. The number of methoxy groups -OCH3 is 1. The van der Waals surface area contributed by atoms with E-state index in [-0.39, 0.29) is 17.4 Å². The van der Waals surface area contributed by atoms with Crippen LogP contribution in [0.3, 0.4) is 0 Å². The second kappa shape index (κ2) is 6.73. The fourth-order valence-electron chi connectivity index (χ4n) is 3.79. The molecule has 0 saturated carbocycles. The van der Waals surface area contributed by atoms with Gasteiger partial charge in [-0.05, 0) is 44.7 Å². The summed E-state index contributed by atoms with van der Waals surface area (Å²) in [5, 5.41) is 9.75. The fraction of sp³-hybridized carbons (Fsp3) is 0.647. The topological polar surface area (TPSA) is 75.7 Å². The Balaban J connectivity index is 1.81. The smallest absolute Gasteiger partial charge is 0.374 e. The molecular formula is C17H22N2O4. The molecule has 2 saturated heterocycles. The van der Waals surface area contributed by atoms with Crippen LogP contribution in [-0.2, 0) is 16.0 Å². The van der Waals surface area contributed by atoms with E-state index in [0.29, 0.717) is 6.54 Å². The van der Waals surface area contributed by atoms with E-state index in [1.54, 1.807) is 6.07 Å². The molecule has 0 N–H and O–H groups in total. The second-order valence-corrected chi connectivity index (χ2v) is 6.24. The predicted molar refractivity (Wildman–Crippen MR) is 81.6 cm³/mol. The zero-order chi connectivity index (χ0) is 16.3. The summed E-state index contributed by atoms with van der Waals surface area (Å²) in [5.41, 5.74) is 0.394. The number of hydrogen-bond donors (Lipinski definition) is 0. The van der Waals surface area contributed by atoms with Crippen LogP contribution in [0.1, 0.15) is 48.2 Å². The minimum absolute atomic E-state index is 0.216. The summed E-state index contributed by atoms with van der Waals surface area (Å²) >= 11 is 0. The minimum atomic E-state index is -0.487. The molecule has 0 aromatic carbocycles. The van der Waals surface area contributed by atoms with Gasteiger partial charge in [0.2, 0.25) is 5.76 Å². The van der Waals surface area contributed by atoms with Crippen LogP contribution in [0, 0.1) is 11.3 Å². The van der Waals surface area contributed by atoms with E-state index in [4.69, 9.17) is 13.9 Å².